The van der Waals surface area contributed by atoms with Crippen LogP contribution in [0.15, 0.2) is 14.7 Å². The molecule has 18 heavy (non-hydrogen) atoms. The highest BCUT2D eigenvalue weighted by molar-refractivity contribution is 6.01. The summed E-state index contributed by atoms with van der Waals surface area (Å²) >= 11 is 0. The average Bonchev–Trinajstić information content (AvgIpc) is 2.38. The van der Waals surface area contributed by atoms with Crippen molar-refractivity contribution in [2.75, 3.05) is 6.61 Å². The van der Waals surface area contributed by atoms with E-state index in [-0.39, 0.29) is 5.56 Å². The van der Waals surface area contributed by atoms with Crippen molar-refractivity contribution in [3.8, 4) is 5.88 Å². The first-order valence-electron chi connectivity index (χ1n) is 5.63. The Morgan fingerprint density at radius 1 is 1.28 bits per heavy atom. The topological polar surface area (TPSA) is 85.8 Å². The van der Waals surface area contributed by atoms with Gasteiger partial charge in [-0.25, -0.2) is 4.79 Å². The molecule has 0 aromatic carbocycles. The summed E-state index contributed by atoms with van der Waals surface area (Å²) in [5, 5.41) is 13.7. The van der Waals surface area contributed by atoms with Crippen LogP contribution >= 0.6 is 0 Å². The van der Waals surface area contributed by atoms with E-state index >= 15 is 0 Å². The minimum Gasteiger partial charge on any atom is -0.494 e. The molecule has 0 aliphatic rings. The van der Waals surface area contributed by atoms with E-state index in [1.807, 2.05) is 0 Å². The van der Waals surface area contributed by atoms with Gasteiger partial charge in [0, 0.05) is 14.1 Å². The molecule has 0 amide bonds. The van der Waals surface area contributed by atoms with Gasteiger partial charge >= 0.3 is 5.69 Å². The molecule has 1 heterocycles. The summed E-state index contributed by atoms with van der Waals surface area (Å²) in [6.07, 6.45) is 0.404. The second kappa shape index (κ2) is 5.52. The SMILES string of the molecule is CCO/N=C(\CC)c1c(O)n(C)c(=O)n(C)c1=O. The Bertz CT molecular complexity index is 583. The van der Waals surface area contributed by atoms with Gasteiger partial charge in [-0.05, 0) is 13.3 Å². The number of rotatable bonds is 4. The number of hydrogen-bond donors (Lipinski definition) is 1. The summed E-state index contributed by atoms with van der Waals surface area (Å²) in [6, 6.07) is 0. The van der Waals surface area contributed by atoms with E-state index in [2.05, 4.69) is 5.16 Å². The molecule has 0 fully saturated rings. The van der Waals surface area contributed by atoms with Gasteiger partial charge in [0.15, 0.2) is 0 Å². The molecule has 0 unspecified atom stereocenters. The van der Waals surface area contributed by atoms with Crippen molar-refractivity contribution in [2.24, 2.45) is 19.3 Å². The second-order valence-corrected chi connectivity index (χ2v) is 3.71. The molecule has 0 aliphatic carbocycles. The first-order valence-corrected chi connectivity index (χ1v) is 5.63. The van der Waals surface area contributed by atoms with Crippen molar-refractivity contribution in [3.05, 3.63) is 26.4 Å². The van der Waals surface area contributed by atoms with Crippen LogP contribution in [-0.2, 0) is 18.9 Å². The molecule has 1 aromatic heterocycles. The Morgan fingerprint density at radius 3 is 2.39 bits per heavy atom. The third-order valence-electron chi connectivity index (χ3n) is 2.56. The van der Waals surface area contributed by atoms with Crippen LogP contribution < -0.4 is 11.2 Å². The molecule has 0 aliphatic heterocycles. The van der Waals surface area contributed by atoms with Gasteiger partial charge in [-0.1, -0.05) is 12.1 Å². The van der Waals surface area contributed by atoms with Crippen molar-refractivity contribution >= 4 is 5.71 Å². The Kier molecular flexibility index (Phi) is 4.30. The van der Waals surface area contributed by atoms with Gasteiger partial charge in [0.25, 0.3) is 5.56 Å². The fourth-order valence-electron chi connectivity index (χ4n) is 1.52. The highest BCUT2D eigenvalue weighted by Crippen LogP contribution is 2.12. The molecule has 1 rings (SSSR count). The molecule has 0 saturated carbocycles. The van der Waals surface area contributed by atoms with E-state index in [1.165, 1.54) is 14.1 Å². The molecule has 100 valence electrons. The van der Waals surface area contributed by atoms with Crippen LogP contribution in [0.5, 0.6) is 5.88 Å². The maximum Gasteiger partial charge on any atom is 0.333 e. The van der Waals surface area contributed by atoms with Gasteiger partial charge in [0.1, 0.15) is 12.2 Å². The molecule has 7 heteroatoms. The van der Waals surface area contributed by atoms with E-state index < -0.39 is 17.1 Å². The number of aromatic hydroxyl groups is 1. The largest absolute Gasteiger partial charge is 0.494 e. The lowest BCUT2D eigenvalue weighted by Gasteiger charge is -2.10. The van der Waals surface area contributed by atoms with Crippen molar-refractivity contribution < 1.29 is 9.94 Å². The lowest BCUT2D eigenvalue weighted by atomic mass is 10.1. The number of aromatic nitrogens is 2. The third-order valence-corrected chi connectivity index (χ3v) is 2.56. The van der Waals surface area contributed by atoms with Gasteiger partial charge in [0.05, 0.1) is 5.71 Å². The Hall–Kier alpha value is -2.05. The minimum absolute atomic E-state index is 0.00412. The molecule has 0 atom stereocenters. The molecule has 0 bridgehead atoms. The third kappa shape index (κ3) is 2.29. The van der Waals surface area contributed by atoms with E-state index in [9.17, 15) is 14.7 Å². The van der Waals surface area contributed by atoms with Crippen LogP contribution in [0.3, 0.4) is 0 Å². The smallest absolute Gasteiger partial charge is 0.333 e. The van der Waals surface area contributed by atoms with Crippen LogP contribution in [0.1, 0.15) is 25.8 Å². The average molecular weight is 255 g/mol. The quantitative estimate of drug-likeness (QED) is 0.603. The number of nitrogens with zero attached hydrogens (tertiary/aromatic N) is 3. The Labute approximate surface area is 104 Å². The molecular formula is C11H17N3O4. The summed E-state index contributed by atoms with van der Waals surface area (Å²) in [7, 11) is 2.73. The Morgan fingerprint density at radius 2 is 1.89 bits per heavy atom. The summed E-state index contributed by atoms with van der Waals surface area (Å²) in [6.45, 7) is 3.90. The van der Waals surface area contributed by atoms with E-state index in [4.69, 9.17) is 4.84 Å². The lowest BCUT2D eigenvalue weighted by molar-refractivity contribution is 0.158. The zero-order valence-electron chi connectivity index (χ0n) is 10.9. The predicted octanol–water partition coefficient (Wildman–Crippen LogP) is -0.0598. The summed E-state index contributed by atoms with van der Waals surface area (Å²) in [4.78, 5) is 28.5. The number of oxime groups is 1. The number of hydrogen-bond acceptors (Lipinski definition) is 5. The first-order chi connectivity index (χ1) is 8.45. The molecule has 7 nitrogen and oxygen atoms in total. The van der Waals surface area contributed by atoms with Gasteiger partial charge in [-0.3, -0.25) is 13.9 Å². The van der Waals surface area contributed by atoms with Crippen molar-refractivity contribution in [1.29, 1.82) is 0 Å². The second-order valence-electron chi connectivity index (χ2n) is 3.71. The fourth-order valence-corrected chi connectivity index (χ4v) is 1.52. The van der Waals surface area contributed by atoms with Gasteiger partial charge in [0.2, 0.25) is 5.88 Å². The molecule has 0 saturated heterocycles. The van der Waals surface area contributed by atoms with Crippen molar-refractivity contribution in [3.63, 3.8) is 0 Å². The molecular weight excluding hydrogens is 238 g/mol. The standard InChI is InChI=1S/C11H17N3O4/c1-5-7(12-18-6-2)8-9(15)13(3)11(17)14(4)10(8)16/h15H,5-6H2,1-4H3/b12-7+. The van der Waals surface area contributed by atoms with Crippen LogP contribution in [0.25, 0.3) is 0 Å². The summed E-state index contributed by atoms with van der Waals surface area (Å²) < 4.78 is 1.92. The maximum absolute atomic E-state index is 12.0. The highest BCUT2D eigenvalue weighted by atomic mass is 16.6. The van der Waals surface area contributed by atoms with Crippen LogP contribution in [0.4, 0.5) is 0 Å². The minimum atomic E-state index is -0.590. The van der Waals surface area contributed by atoms with E-state index in [0.717, 1.165) is 9.13 Å². The predicted molar refractivity (Wildman–Crippen MR) is 67.0 cm³/mol. The summed E-state index contributed by atoms with van der Waals surface area (Å²) in [5.41, 5.74) is -0.870. The van der Waals surface area contributed by atoms with Crippen LogP contribution in [0.2, 0.25) is 0 Å². The zero-order valence-corrected chi connectivity index (χ0v) is 10.9. The van der Waals surface area contributed by atoms with E-state index in [1.54, 1.807) is 13.8 Å². The van der Waals surface area contributed by atoms with Crippen LogP contribution in [0, 0.1) is 0 Å². The van der Waals surface area contributed by atoms with Gasteiger partial charge in [-0.15, -0.1) is 0 Å². The maximum atomic E-state index is 12.0. The highest BCUT2D eigenvalue weighted by Gasteiger charge is 2.19. The zero-order chi connectivity index (χ0) is 13.9. The lowest BCUT2D eigenvalue weighted by Crippen LogP contribution is -2.40. The van der Waals surface area contributed by atoms with Gasteiger partial charge in [-0.2, -0.15) is 0 Å². The monoisotopic (exact) mass is 255 g/mol. The fraction of sp³-hybridized carbons (Fsp3) is 0.545. The molecule has 0 spiro atoms. The first kappa shape index (κ1) is 14.0. The van der Waals surface area contributed by atoms with Gasteiger partial charge < -0.3 is 9.94 Å². The molecule has 0 radical (unpaired) electrons. The molecule has 1 aromatic rings. The van der Waals surface area contributed by atoms with Crippen molar-refractivity contribution in [2.45, 2.75) is 20.3 Å². The van der Waals surface area contributed by atoms with Crippen LogP contribution in [-0.4, -0.2) is 26.6 Å². The molecule has 1 N–H and O–H groups in total. The Balaban J connectivity index is 3.60. The van der Waals surface area contributed by atoms with Crippen molar-refractivity contribution in [1.82, 2.24) is 9.13 Å². The normalized spacial score (nSPS) is 11.7. The van der Waals surface area contributed by atoms with E-state index in [0.29, 0.717) is 18.7 Å². The summed E-state index contributed by atoms with van der Waals surface area (Å²) in [5.74, 6) is -0.400.